The average molecular weight is 369 g/mol. The monoisotopic (exact) mass is 368 g/mol. The van der Waals surface area contributed by atoms with Crippen molar-refractivity contribution in [2.45, 2.75) is 13.0 Å². The van der Waals surface area contributed by atoms with E-state index in [0.29, 0.717) is 0 Å². The molecule has 0 aromatic heterocycles. The number of anilines is 1. The summed E-state index contributed by atoms with van der Waals surface area (Å²) in [7, 11) is 0. The van der Waals surface area contributed by atoms with Crippen molar-refractivity contribution in [1.82, 2.24) is 5.32 Å². The quantitative estimate of drug-likeness (QED) is 0.627. The first-order valence-electron chi connectivity index (χ1n) is 7.25. The highest BCUT2D eigenvalue weighted by molar-refractivity contribution is 6.33. The van der Waals surface area contributed by atoms with Gasteiger partial charge in [-0.05, 0) is 25.1 Å². The number of benzene rings is 2. The maximum Gasteiger partial charge on any atom is 0.340 e. The molecule has 0 fully saturated rings. The first-order valence-corrected chi connectivity index (χ1v) is 7.62. The van der Waals surface area contributed by atoms with Crippen molar-refractivity contribution in [2.24, 2.45) is 0 Å². The minimum absolute atomic E-state index is 0.0397. The fourth-order valence-electron chi connectivity index (χ4n) is 2.14. The van der Waals surface area contributed by atoms with E-state index in [1.165, 1.54) is 31.2 Å². The Hall–Kier alpha value is -2.67. The van der Waals surface area contributed by atoms with E-state index < -0.39 is 36.2 Å². The number of halogens is 3. The van der Waals surface area contributed by atoms with Gasteiger partial charge in [-0.1, -0.05) is 23.7 Å². The van der Waals surface area contributed by atoms with Crippen molar-refractivity contribution in [2.75, 3.05) is 12.3 Å². The number of rotatable bonds is 5. The maximum atomic E-state index is 13.7. The third kappa shape index (κ3) is 4.67. The molecule has 2 aromatic rings. The largest absolute Gasteiger partial charge is 0.452 e. The van der Waals surface area contributed by atoms with Crippen LogP contribution in [-0.4, -0.2) is 18.5 Å². The molecule has 1 atom stereocenters. The summed E-state index contributed by atoms with van der Waals surface area (Å²) in [5.41, 5.74) is 5.87. The summed E-state index contributed by atoms with van der Waals surface area (Å²) in [4.78, 5) is 23.8. The zero-order valence-electron chi connectivity index (χ0n) is 13.2. The van der Waals surface area contributed by atoms with Gasteiger partial charge < -0.3 is 15.8 Å². The molecule has 0 saturated heterocycles. The Labute approximate surface area is 147 Å². The molecule has 0 saturated carbocycles. The van der Waals surface area contributed by atoms with Crippen molar-refractivity contribution in [3.05, 3.63) is 64.2 Å². The number of para-hydroxylation sites is 1. The van der Waals surface area contributed by atoms with E-state index in [-0.39, 0.29) is 21.8 Å². The van der Waals surface area contributed by atoms with Gasteiger partial charge in [-0.3, -0.25) is 4.79 Å². The highest BCUT2D eigenvalue weighted by Crippen LogP contribution is 2.23. The van der Waals surface area contributed by atoms with Gasteiger partial charge in [0.15, 0.2) is 6.61 Å². The van der Waals surface area contributed by atoms with Gasteiger partial charge in [-0.15, -0.1) is 0 Å². The molecule has 0 aliphatic heterocycles. The number of esters is 1. The molecule has 1 amide bonds. The zero-order valence-corrected chi connectivity index (χ0v) is 13.9. The topological polar surface area (TPSA) is 81.4 Å². The van der Waals surface area contributed by atoms with Gasteiger partial charge >= 0.3 is 5.97 Å². The van der Waals surface area contributed by atoms with Crippen molar-refractivity contribution in [3.8, 4) is 0 Å². The van der Waals surface area contributed by atoms with Crippen LogP contribution in [0.5, 0.6) is 0 Å². The van der Waals surface area contributed by atoms with E-state index in [4.69, 9.17) is 22.1 Å². The summed E-state index contributed by atoms with van der Waals surface area (Å²) in [6.07, 6.45) is 0. The third-order valence-corrected chi connectivity index (χ3v) is 3.74. The minimum Gasteiger partial charge on any atom is -0.452 e. The van der Waals surface area contributed by atoms with E-state index in [1.807, 2.05) is 0 Å². The molecule has 8 heteroatoms. The van der Waals surface area contributed by atoms with Crippen LogP contribution in [0, 0.1) is 11.6 Å². The molecule has 25 heavy (non-hydrogen) atoms. The minimum atomic E-state index is -0.809. The van der Waals surface area contributed by atoms with Crippen molar-refractivity contribution in [3.63, 3.8) is 0 Å². The van der Waals surface area contributed by atoms with E-state index in [2.05, 4.69) is 5.32 Å². The Kier molecular flexibility index (Phi) is 5.93. The summed E-state index contributed by atoms with van der Waals surface area (Å²) in [5.74, 6) is -2.95. The van der Waals surface area contributed by atoms with Crippen LogP contribution in [0.15, 0.2) is 36.4 Å². The number of nitrogens with one attached hydrogen (secondary N) is 1. The summed E-state index contributed by atoms with van der Waals surface area (Å²) < 4.78 is 31.4. The number of nitrogen functional groups attached to an aromatic ring is 1. The summed E-state index contributed by atoms with van der Waals surface area (Å²) in [5, 5.41) is 2.65. The Morgan fingerprint density at radius 3 is 2.68 bits per heavy atom. The van der Waals surface area contributed by atoms with Crippen LogP contribution >= 0.6 is 11.6 Å². The molecule has 0 radical (unpaired) electrons. The average Bonchev–Trinajstić information content (AvgIpc) is 2.55. The Morgan fingerprint density at radius 1 is 1.28 bits per heavy atom. The molecular weight excluding hydrogens is 354 g/mol. The zero-order chi connectivity index (χ0) is 18.6. The highest BCUT2D eigenvalue weighted by Gasteiger charge is 2.17. The molecule has 1 unspecified atom stereocenters. The third-order valence-electron chi connectivity index (χ3n) is 3.41. The fraction of sp³-hybridized carbons (Fsp3) is 0.176. The molecule has 132 valence electrons. The summed E-state index contributed by atoms with van der Waals surface area (Å²) in [6.45, 7) is 0.933. The van der Waals surface area contributed by atoms with Crippen LogP contribution in [-0.2, 0) is 9.53 Å². The lowest BCUT2D eigenvalue weighted by Gasteiger charge is -2.15. The molecule has 3 N–H and O–H groups in total. The van der Waals surface area contributed by atoms with Gasteiger partial charge in [0.25, 0.3) is 5.91 Å². The highest BCUT2D eigenvalue weighted by atomic mass is 35.5. The van der Waals surface area contributed by atoms with E-state index in [0.717, 1.165) is 12.1 Å². The number of amides is 1. The number of nitrogens with two attached hydrogens (primary N) is 1. The SMILES string of the molecule is CC(NC(=O)COC(=O)c1cccc(Cl)c1N)c1ccc(F)cc1F. The first kappa shape index (κ1) is 18.7. The number of hydrogen-bond donors (Lipinski definition) is 2. The molecule has 0 aliphatic carbocycles. The molecule has 0 heterocycles. The van der Waals surface area contributed by atoms with Crippen molar-refractivity contribution in [1.29, 1.82) is 0 Å². The number of carbonyl (C=O) groups excluding carboxylic acids is 2. The van der Waals surface area contributed by atoms with Gasteiger partial charge in [0.1, 0.15) is 11.6 Å². The van der Waals surface area contributed by atoms with Crippen molar-refractivity contribution >= 4 is 29.2 Å². The second-order valence-electron chi connectivity index (χ2n) is 5.23. The van der Waals surface area contributed by atoms with Crippen LogP contribution in [0.3, 0.4) is 0 Å². The second-order valence-corrected chi connectivity index (χ2v) is 5.64. The first-order chi connectivity index (χ1) is 11.8. The molecule has 0 bridgehead atoms. The lowest BCUT2D eigenvalue weighted by atomic mass is 10.1. The van der Waals surface area contributed by atoms with Gasteiger partial charge in [0.05, 0.1) is 22.3 Å². The lowest BCUT2D eigenvalue weighted by molar-refractivity contribution is -0.124. The molecule has 2 rings (SSSR count). The van der Waals surface area contributed by atoms with Crippen molar-refractivity contribution < 1.29 is 23.1 Å². The lowest BCUT2D eigenvalue weighted by Crippen LogP contribution is -2.31. The standard InChI is InChI=1S/C17H15ClF2N2O3/c1-9(11-6-5-10(19)7-14(11)20)22-15(23)8-25-17(24)12-3-2-4-13(18)16(12)21/h2-7,9H,8,21H2,1H3,(H,22,23). The van der Waals surface area contributed by atoms with Gasteiger partial charge in [-0.2, -0.15) is 0 Å². The van der Waals surface area contributed by atoms with Gasteiger partial charge in [-0.25, -0.2) is 13.6 Å². The Morgan fingerprint density at radius 2 is 2.00 bits per heavy atom. The van der Waals surface area contributed by atoms with E-state index in [9.17, 15) is 18.4 Å². The molecule has 0 spiro atoms. The Balaban J connectivity index is 1.94. The second kappa shape index (κ2) is 7.94. The molecule has 5 nitrogen and oxygen atoms in total. The predicted molar refractivity (Wildman–Crippen MR) is 89.1 cm³/mol. The van der Waals surface area contributed by atoms with Gasteiger partial charge in [0, 0.05) is 11.6 Å². The van der Waals surface area contributed by atoms with E-state index >= 15 is 0 Å². The molecular formula is C17H15ClF2N2O3. The van der Waals surface area contributed by atoms with Crippen LogP contribution < -0.4 is 11.1 Å². The maximum absolute atomic E-state index is 13.7. The van der Waals surface area contributed by atoms with E-state index in [1.54, 1.807) is 0 Å². The van der Waals surface area contributed by atoms with Crippen LogP contribution in [0.2, 0.25) is 5.02 Å². The molecule has 0 aliphatic rings. The van der Waals surface area contributed by atoms with Gasteiger partial charge in [0.2, 0.25) is 0 Å². The molecule has 2 aromatic carbocycles. The summed E-state index contributed by atoms with van der Waals surface area (Å²) in [6, 6.07) is 6.76. The number of hydrogen-bond acceptors (Lipinski definition) is 4. The Bertz CT molecular complexity index is 814. The van der Waals surface area contributed by atoms with Crippen LogP contribution in [0.4, 0.5) is 14.5 Å². The predicted octanol–water partition coefficient (Wildman–Crippen LogP) is 3.23. The number of ether oxygens (including phenoxy) is 1. The normalized spacial score (nSPS) is 11.7. The van der Waals surface area contributed by atoms with Crippen LogP contribution in [0.1, 0.15) is 28.9 Å². The number of carbonyl (C=O) groups is 2. The smallest absolute Gasteiger partial charge is 0.340 e. The van der Waals surface area contributed by atoms with Crippen LogP contribution in [0.25, 0.3) is 0 Å². The summed E-state index contributed by atoms with van der Waals surface area (Å²) >= 11 is 5.81. The fourth-order valence-corrected chi connectivity index (χ4v) is 2.31.